The second-order valence-corrected chi connectivity index (χ2v) is 5.65. The highest BCUT2D eigenvalue weighted by Crippen LogP contribution is 2.30. The highest BCUT2D eigenvalue weighted by Gasteiger charge is 2.09. The third kappa shape index (κ3) is 2.75. The van der Waals surface area contributed by atoms with Crippen LogP contribution in [0, 0.1) is 0 Å². The lowest BCUT2D eigenvalue weighted by Crippen LogP contribution is -2.19. The minimum absolute atomic E-state index is 0.501. The maximum atomic E-state index is 5.42. The van der Waals surface area contributed by atoms with Gasteiger partial charge in [-0.3, -0.25) is 15.0 Å². The molecule has 0 unspecified atom stereocenters. The van der Waals surface area contributed by atoms with Gasteiger partial charge >= 0.3 is 0 Å². The zero-order chi connectivity index (χ0) is 16.4. The van der Waals surface area contributed by atoms with Gasteiger partial charge in [0.1, 0.15) is 0 Å². The van der Waals surface area contributed by atoms with Crippen LogP contribution >= 0.6 is 12.2 Å². The van der Waals surface area contributed by atoms with Crippen LogP contribution < -0.4 is 10.6 Å². The van der Waals surface area contributed by atoms with Crippen molar-refractivity contribution in [2.45, 2.75) is 0 Å². The van der Waals surface area contributed by atoms with E-state index in [4.69, 9.17) is 12.2 Å². The molecule has 116 valence electrons. The second kappa shape index (κ2) is 6.17. The predicted octanol–water partition coefficient (Wildman–Crippen LogP) is 3.99. The largest absolute Gasteiger partial charge is 0.332 e. The number of rotatable bonds is 2. The van der Waals surface area contributed by atoms with Gasteiger partial charge in [-0.1, -0.05) is 0 Å². The SMILES string of the molecule is S=C(Nc1cccnc1)Nc1cc2ccncc2c2ncccc12. The number of nitrogens with zero attached hydrogens (tertiary/aromatic N) is 3. The Morgan fingerprint density at radius 2 is 1.75 bits per heavy atom. The molecule has 6 heteroatoms. The van der Waals surface area contributed by atoms with Crippen LogP contribution in [0.15, 0.2) is 67.4 Å². The topological polar surface area (TPSA) is 62.7 Å². The summed E-state index contributed by atoms with van der Waals surface area (Å²) >= 11 is 5.42. The van der Waals surface area contributed by atoms with E-state index >= 15 is 0 Å². The smallest absolute Gasteiger partial charge is 0.175 e. The van der Waals surface area contributed by atoms with Crippen LogP contribution in [0.3, 0.4) is 0 Å². The fourth-order valence-electron chi connectivity index (χ4n) is 2.62. The lowest BCUT2D eigenvalue weighted by atomic mass is 10.1. The van der Waals surface area contributed by atoms with E-state index in [0.717, 1.165) is 33.1 Å². The molecule has 24 heavy (non-hydrogen) atoms. The number of aromatic nitrogens is 3. The van der Waals surface area contributed by atoms with E-state index in [1.54, 1.807) is 24.8 Å². The number of hydrogen-bond donors (Lipinski definition) is 2. The molecule has 4 rings (SSSR count). The Hall–Kier alpha value is -3.12. The van der Waals surface area contributed by atoms with Crippen molar-refractivity contribution >= 4 is 50.4 Å². The van der Waals surface area contributed by atoms with Crippen LogP contribution in [0.25, 0.3) is 21.7 Å². The Bertz CT molecular complexity index is 1030. The first-order chi connectivity index (χ1) is 11.8. The van der Waals surface area contributed by atoms with Crippen LogP contribution in [0.1, 0.15) is 0 Å². The van der Waals surface area contributed by atoms with Gasteiger partial charge in [0.2, 0.25) is 0 Å². The average molecular weight is 331 g/mol. The van der Waals surface area contributed by atoms with Gasteiger partial charge in [-0.2, -0.15) is 0 Å². The average Bonchev–Trinajstić information content (AvgIpc) is 2.63. The van der Waals surface area contributed by atoms with Gasteiger partial charge < -0.3 is 10.6 Å². The van der Waals surface area contributed by atoms with E-state index in [2.05, 4.69) is 31.7 Å². The van der Waals surface area contributed by atoms with Crippen LogP contribution in [-0.4, -0.2) is 20.1 Å². The van der Waals surface area contributed by atoms with Crippen LogP contribution in [0.4, 0.5) is 11.4 Å². The molecule has 5 nitrogen and oxygen atoms in total. The van der Waals surface area contributed by atoms with Crippen molar-refractivity contribution < 1.29 is 0 Å². The summed E-state index contributed by atoms with van der Waals surface area (Å²) < 4.78 is 0. The first kappa shape index (κ1) is 14.5. The highest BCUT2D eigenvalue weighted by molar-refractivity contribution is 7.80. The van der Waals surface area contributed by atoms with E-state index in [1.807, 2.05) is 36.5 Å². The predicted molar refractivity (Wildman–Crippen MR) is 101 cm³/mol. The molecule has 0 bridgehead atoms. The van der Waals surface area contributed by atoms with Gasteiger partial charge in [-0.05, 0) is 54.0 Å². The monoisotopic (exact) mass is 331 g/mol. The first-order valence-corrected chi connectivity index (χ1v) is 7.81. The van der Waals surface area contributed by atoms with Gasteiger partial charge in [-0.15, -0.1) is 0 Å². The normalized spacial score (nSPS) is 10.7. The second-order valence-electron chi connectivity index (χ2n) is 5.24. The summed E-state index contributed by atoms with van der Waals surface area (Å²) in [6.45, 7) is 0. The summed E-state index contributed by atoms with van der Waals surface area (Å²) in [5.74, 6) is 0. The van der Waals surface area contributed by atoms with Crippen molar-refractivity contribution in [3.63, 3.8) is 0 Å². The molecule has 0 aliphatic heterocycles. The molecule has 0 amide bonds. The Kier molecular flexibility index (Phi) is 3.72. The highest BCUT2D eigenvalue weighted by atomic mass is 32.1. The van der Waals surface area contributed by atoms with Gasteiger partial charge in [0.25, 0.3) is 0 Å². The van der Waals surface area contributed by atoms with Crippen molar-refractivity contribution in [1.82, 2.24) is 15.0 Å². The summed E-state index contributed by atoms with van der Waals surface area (Å²) in [7, 11) is 0. The standard InChI is InChI=1S/C18H13N5S/c24-18(22-13-3-1-6-19-10-13)23-16-9-12-5-8-20-11-15(12)17-14(16)4-2-7-21-17/h1-11H,(H2,22,23,24). The summed E-state index contributed by atoms with van der Waals surface area (Å²) in [6, 6.07) is 11.7. The van der Waals surface area contributed by atoms with E-state index in [9.17, 15) is 0 Å². The molecule has 0 saturated carbocycles. The summed E-state index contributed by atoms with van der Waals surface area (Å²) in [6.07, 6.45) is 8.83. The van der Waals surface area contributed by atoms with Gasteiger partial charge in [0.15, 0.2) is 5.11 Å². The van der Waals surface area contributed by atoms with E-state index in [0.29, 0.717) is 5.11 Å². The first-order valence-electron chi connectivity index (χ1n) is 7.41. The summed E-state index contributed by atoms with van der Waals surface area (Å²) in [5.41, 5.74) is 2.63. The maximum Gasteiger partial charge on any atom is 0.175 e. The molecular formula is C18H13N5S. The van der Waals surface area contributed by atoms with E-state index in [-0.39, 0.29) is 0 Å². The number of pyridine rings is 3. The number of thiocarbonyl (C=S) groups is 1. The molecular weight excluding hydrogens is 318 g/mol. The summed E-state index contributed by atoms with van der Waals surface area (Å²) in [4.78, 5) is 12.8. The lowest BCUT2D eigenvalue weighted by Gasteiger charge is -2.13. The maximum absolute atomic E-state index is 5.42. The number of nitrogens with one attached hydrogen (secondary N) is 2. The Balaban J connectivity index is 1.74. The molecule has 0 radical (unpaired) electrons. The number of fused-ring (bicyclic) bond motifs is 3. The third-order valence-electron chi connectivity index (χ3n) is 3.68. The minimum atomic E-state index is 0.501. The van der Waals surface area contributed by atoms with Crippen molar-refractivity contribution in [2.75, 3.05) is 10.6 Å². The molecule has 3 heterocycles. The number of anilines is 2. The van der Waals surface area contributed by atoms with Crippen molar-refractivity contribution in [2.24, 2.45) is 0 Å². The van der Waals surface area contributed by atoms with Crippen LogP contribution in [0.2, 0.25) is 0 Å². The molecule has 2 N–H and O–H groups in total. The number of hydrogen-bond acceptors (Lipinski definition) is 4. The molecule has 0 aliphatic carbocycles. The van der Waals surface area contributed by atoms with Crippen LogP contribution in [0.5, 0.6) is 0 Å². The molecule has 0 spiro atoms. The Morgan fingerprint density at radius 1 is 0.875 bits per heavy atom. The lowest BCUT2D eigenvalue weighted by molar-refractivity contribution is 1.33. The molecule has 3 aromatic heterocycles. The quantitative estimate of drug-likeness (QED) is 0.428. The molecule has 0 atom stereocenters. The van der Waals surface area contributed by atoms with Crippen molar-refractivity contribution in [1.29, 1.82) is 0 Å². The van der Waals surface area contributed by atoms with Gasteiger partial charge in [0, 0.05) is 35.6 Å². The Morgan fingerprint density at radius 3 is 2.62 bits per heavy atom. The fourth-order valence-corrected chi connectivity index (χ4v) is 2.85. The minimum Gasteiger partial charge on any atom is -0.332 e. The molecule has 0 fully saturated rings. The molecule has 1 aromatic carbocycles. The summed E-state index contributed by atoms with van der Waals surface area (Å²) in [5, 5.41) is 9.96. The van der Waals surface area contributed by atoms with Crippen molar-refractivity contribution in [3.8, 4) is 0 Å². The van der Waals surface area contributed by atoms with Crippen LogP contribution in [-0.2, 0) is 0 Å². The molecule has 4 aromatic rings. The fraction of sp³-hybridized carbons (Fsp3) is 0. The third-order valence-corrected chi connectivity index (χ3v) is 3.88. The van der Waals surface area contributed by atoms with Gasteiger partial charge in [0.05, 0.1) is 23.1 Å². The zero-order valence-corrected chi connectivity index (χ0v) is 13.4. The molecule has 0 saturated heterocycles. The van der Waals surface area contributed by atoms with E-state index < -0.39 is 0 Å². The Labute approximate surface area is 143 Å². The number of benzene rings is 1. The van der Waals surface area contributed by atoms with E-state index in [1.165, 1.54) is 0 Å². The molecule has 0 aliphatic rings. The zero-order valence-electron chi connectivity index (χ0n) is 12.6. The van der Waals surface area contributed by atoms with Gasteiger partial charge in [-0.25, -0.2) is 0 Å². The van der Waals surface area contributed by atoms with Crippen molar-refractivity contribution in [3.05, 3.63) is 67.4 Å².